The summed E-state index contributed by atoms with van der Waals surface area (Å²) in [4.78, 5) is 40.4. The number of likely N-dealkylation sites (N-methyl/N-ethyl adjacent to an activating group) is 1. The molecule has 4 atom stereocenters. The number of anilines is 1. The largest absolute Gasteiger partial charge is 0.342 e. The van der Waals surface area contributed by atoms with Crippen molar-refractivity contribution >= 4 is 23.4 Å². The predicted molar refractivity (Wildman–Crippen MR) is 164 cm³/mol. The van der Waals surface area contributed by atoms with E-state index < -0.39 is 23.5 Å². The summed E-state index contributed by atoms with van der Waals surface area (Å²) in [7, 11) is 3.47. The van der Waals surface area contributed by atoms with Crippen LogP contribution in [0.1, 0.15) is 70.5 Å². The number of fused-ring (bicyclic) bond motifs is 1. The van der Waals surface area contributed by atoms with E-state index >= 15 is 0 Å². The van der Waals surface area contributed by atoms with Crippen LogP contribution >= 0.6 is 0 Å². The van der Waals surface area contributed by atoms with Gasteiger partial charge in [0.1, 0.15) is 12.1 Å². The maximum atomic E-state index is 13.4. The molecule has 1 saturated heterocycles. The molecule has 1 heterocycles. The van der Waals surface area contributed by atoms with Crippen LogP contribution in [0.5, 0.6) is 0 Å². The molecule has 0 saturated carbocycles. The van der Waals surface area contributed by atoms with Crippen molar-refractivity contribution < 1.29 is 14.4 Å². The molecule has 0 radical (unpaired) electrons. The highest BCUT2D eigenvalue weighted by Gasteiger charge is 2.42. The topological polar surface area (TPSA) is 120 Å². The SMILES string of the molecule is CNC(C)C(=O)NC(C(=O)N1CCCC1C(=O)NN(C)c1ccccc1)C(C)(C)C.NC1CCCc2ccccc21. The van der Waals surface area contributed by atoms with E-state index in [1.165, 1.54) is 24.0 Å². The summed E-state index contributed by atoms with van der Waals surface area (Å²) in [5.74, 6) is -0.691. The fourth-order valence-electron chi connectivity index (χ4n) is 5.26. The molecule has 5 N–H and O–H groups in total. The van der Waals surface area contributed by atoms with Crippen LogP contribution in [-0.2, 0) is 20.8 Å². The quantitative estimate of drug-likeness (QED) is 0.383. The molecule has 4 unspecified atom stereocenters. The first-order valence-electron chi connectivity index (χ1n) is 14.6. The normalized spacial score (nSPS) is 19.6. The molecule has 9 heteroatoms. The van der Waals surface area contributed by atoms with E-state index in [-0.39, 0.29) is 17.7 Å². The van der Waals surface area contributed by atoms with Gasteiger partial charge in [0, 0.05) is 19.6 Å². The minimum Gasteiger partial charge on any atom is -0.342 e. The third kappa shape index (κ3) is 8.53. The zero-order chi connectivity index (χ0) is 30.2. The number of hydrazine groups is 1. The molecule has 4 rings (SSSR count). The molecule has 1 aliphatic carbocycles. The molecule has 2 aromatic carbocycles. The second kappa shape index (κ2) is 14.5. The molecule has 1 fully saturated rings. The molecule has 224 valence electrons. The van der Waals surface area contributed by atoms with E-state index in [9.17, 15) is 14.4 Å². The summed E-state index contributed by atoms with van der Waals surface area (Å²) in [6, 6.07) is 16.6. The van der Waals surface area contributed by atoms with Crippen molar-refractivity contribution in [2.45, 2.75) is 84.0 Å². The number of hydrogen-bond acceptors (Lipinski definition) is 6. The number of aryl methyl sites for hydroxylation is 1. The second-order valence-electron chi connectivity index (χ2n) is 12.1. The fraction of sp³-hybridized carbons (Fsp3) is 0.531. The first-order chi connectivity index (χ1) is 19.4. The van der Waals surface area contributed by atoms with E-state index in [0.717, 1.165) is 18.5 Å². The lowest BCUT2D eigenvalue weighted by molar-refractivity contribution is -0.144. The highest BCUT2D eigenvalue weighted by molar-refractivity contribution is 5.94. The van der Waals surface area contributed by atoms with Crippen LogP contribution in [-0.4, -0.2) is 61.4 Å². The van der Waals surface area contributed by atoms with Crippen LogP contribution in [0.25, 0.3) is 0 Å². The third-order valence-corrected chi connectivity index (χ3v) is 7.90. The Hall–Kier alpha value is -3.43. The van der Waals surface area contributed by atoms with Crippen LogP contribution in [0.2, 0.25) is 0 Å². The average molecular weight is 565 g/mol. The van der Waals surface area contributed by atoms with Gasteiger partial charge in [-0.05, 0) is 74.8 Å². The molecule has 0 bridgehead atoms. The highest BCUT2D eigenvalue weighted by atomic mass is 16.2. The second-order valence-corrected chi connectivity index (χ2v) is 12.1. The molecule has 0 spiro atoms. The van der Waals surface area contributed by atoms with Gasteiger partial charge in [0.25, 0.3) is 5.91 Å². The Morgan fingerprint density at radius 3 is 2.29 bits per heavy atom. The number of para-hydroxylation sites is 1. The van der Waals surface area contributed by atoms with Crippen LogP contribution in [0.4, 0.5) is 5.69 Å². The maximum absolute atomic E-state index is 13.4. The lowest BCUT2D eigenvalue weighted by Crippen LogP contribution is -2.60. The minimum atomic E-state index is -0.721. The molecule has 3 amide bonds. The number of nitrogens with one attached hydrogen (secondary N) is 3. The minimum absolute atomic E-state index is 0.223. The highest BCUT2D eigenvalue weighted by Crippen LogP contribution is 2.27. The zero-order valence-corrected chi connectivity index (χ0v) is 25.4. The van der Waals surface area contributed by atoms with E-state index in [2.05, 4.69) is 40.3 Å². The summed E-state index contributed by atoms with van der Waals surface area (Å²) in [5.41, 5.74) is 12.0. The van der Waals surface area contributed by atoms with Gasteiger partial charge in [-0.25, -0.2) is 0 Å². The Morgan fingerprint density at radius 1 is 1.00 bits per heavy atom. The summed E-state index contributed by atoms with van der Waals surface area (Å²) in [6.45, 7) is 7.97. The third-order valence-electron chi connectivity index (χ3n) is 7.90. The molecule has 9 nitrogen and oxygen atoms in total. The summed E-state index contributed by atoms with van der Waals surface area (Å²) in [5, 5.41) is 7.42. The maximum Gasteiger partial charge on any atom is 0.261 e. The van der Waals surface area contributed by atoms with Gasteiger partial charge in [0.05, 0.1) is 11.7 Å². The summed E-state index contributed by atoms with van der Waals surface area (Å²) in [6.07, 6.45) is 4.95. The van der Waals surface area contributed by atoms with Crippen molar-refractivity contribution in [3.8, 4) is 0 Å². The number of carbonyl (C=O) groups excluding carboxylic acids is 3. The van der Waals surface area contributed by atoms with Crippen LogP contribution in [0.15, 0.2) is 54.6 Å². The molecule has 41 heavy (non-hydrogen) atoms. The lowest BCUT2D eigenvalue weighted by atomic mass is 9.85. The number of hydrogen-bond donors (Lipinski definition) is 4. The van der Waals surface area contributed by atoms with Crippen molar-refractivity contribution in [1.29, 1.82) is 0 Å². The first kappa shape index (κ1) is 32.1. The lowest BCUT2D eigenvalue weighted by Gasteiger charge is -2.36. The van der Waals surface area contributed by atoms with Crippen LogP contribution < -0.4 is 26.8 Å². The number of carbonyl (C=O) groups is 3. The summed E-state index contributed by atoms with van der Waals surface area (Å²) >= 11 is 0. The number of rotatable bonds is 7. The van der Waals surface area contributed by atoms with Gasteiger partial charge in [-0.3, -0.25) is 24.8 Å². The van der Waals surface area contributed by atoms with Gasteiger partial charge < -0.3 is 21.3 Å². The Labute approximate surface area is 245 Å². The van der Waals surface area contributed by atoms with E-state index in [0.29, 0.717) is 19.0 Å². The summed E-state index contributed by atoms with van der Waals surface area (Å²) < 4.78 is 0. The molecule has 0 aromatic heterocycles. The Morgan fingerprint density at radius 2 is 1.66 bits per heavy atom. The average Bonchev–Trinajstić information content (AvgIpc) is 3.46. The van der Waals surface area contributed by atoms with E-state index in [1.54, 1.807) is 30.9 Å². The van der Waals surface area contributed by atoms with Gasteiger partial charge in [-0.1, -0.05) is 63.2 Å². The van der Waals surface area contributed by atoms with E-state index in [1.807, 2.05) is 51.1 Å². The van der Waals surface area contributed by atoms with Crippen LogP contribution in [0.3, 0.4) is 0 Å². The van der Waals surface area contributed by atoms with Gasteiger partial charge in [-0.15, -0.1) is 0 Å². The number of benzene rings is 2. The number of likely N-dealkylation sites (tertiary alicyclic amines) is 1. The van der Waals surface area contributed by atoms with Crippen molar-refractivity contribution in [3.05, 3.63) is 65.7 Å². The zero-order valence-electron chi connectivity index (χ0n) is 25.4. The van der Waals surface area contributed by atoms with Crippen molar-refractivity contribution in [1.82, 2.24) is 21.0 Å². The standard InChI is InChI=1S/C22H35N5O3.C10H13N/c1-15(23-5)19(28)24-18(22(2,3)4)21(30)27-14-10-13-17(27)20(29)25-26(6)16-11-8-7-9-12-16;11-10-7-3-5-8-4-1-2-6-9(8)10/h7-9,11-12,15,17-18,23H,10,13-14H2,1-6H3,(H,24,28)(H,25,29);1-2,4,6,10H,3,5,7,11H2. The molecule has 2 aromatic rings. The molecular weight excluding hydrogens is 516 g/mol. The van der Waals surface area contributed by atoms with Crippen LogP contribution in [0, 0.1) is 5.41 Å². The molecular formula is C32H48N6O3. The Balaban J connectivity index is 0.000000346. The van der Waals surface area contributed by atoms with Gasteiger partial charge in [0.2, 0.25) is 11.8 Å². The smallest absolute Gasteiger partial charge is 0.261 e. The number of nitrogens with zero attached hydrogens (tertiary/aromatic N) is 2. The van der Waals surface area contributed by atoms with Gasteiger partial charge in [0.15, 0.2) is 0 Å². The Kier molecular flexibility index (Phi) is 11.3. The monoisotopic (exact) mass is 564 g/mol. The number of amides is 3. The predicted octanol–water partition coefficient (Wildman–Crippen LogP) is 3.31. The van der Waals surface area contributed by atoms with Crippen molar-refractivity contribution in [2.75, 3.05) is 25.6 Å². The number of nitrogens with two attached hydrogens (primary N) is 1. The van der Waals surface area contributed by atoms with Crippen molar-refractivity contribution in [3.63, 3.8) is 0 Å². The Bertz CT molecular complexity index is 1170. The van der Waals surface area contributed by atoms with Gasteiger partial charge >= 0.3 is 0 Å². The molecule has 2 aliphatic rings. The van der Waals surface area contributed by atoms with Crippen molar-refractivity contribution in [2.24, 2.45) is 11.1 Å². The van der Waals surface area contributed by atoms with E-state index in [4.69, 9.17) is 5.73 Å². The molecule has 1 aliphatic heterocycles. The fourth-order valence-corrected chi connectivity index (χ4v) is 5.26. The van der Waals surface area contributed by atoms with Gasteiger partial charge in [-0.2, -0.15) is 0 Å². The first-order valence-corrected chi connectivity index (χ1v) is 14.6.